The second kappa shape index (κ2) is 7.99. The minimum Gasteiger partial charge on any atom is -0.497 e. The Hall–Kier alpha value is -3.30. The maximum absolute atomic E-state index is 13.1. The molecule has 5 heterocycles. The average Bonchev–Trinajstić information content (AvgIpc) is 3.54. The monoisotopic (exact) mass is 434 g/mol. The molecule has 0 N–H and O–H groups in total. The van der Waals surface area contributed by atoms with Crippen LogP contribution in [-0.2, 0) is 17.8 Å². The van der Waals surface area contributed by atoms with Gasteiger partial charge in [-0.25, -0.2) is 14.8 Å². The number of hydrogen-bond donors (Lipinski definition) is 0. The van der Waals surface area contributed by atoms with E-state index >= 15 is 0 Å². The van der Waals surface area contributed by atoms with Crippen molar-refractivity contribution in [1.29, 1.82) is 0 Å². The zero-order valence-electron chi connectivity index (χ0n) is 17.1. The molecule has 2 fully saturated rings. The van der Waals surface area contributed by atoms with Crippen LogP contribution in [0.4, 0.5) is 0 Å². The molecule has 2 aliphatic rings. The number of pyridine rings is 1. The molecule has 6 rings (SSSR count). The maximum Gasteiger partial charge on any atom is 0.352 e. The summed E-state index contributed by atoms with van der Waals surface area (Å²) in [6.45, 7) is 2.96. The van der Waals surface area contributed by atoms with Gasteiger partial charge in [0.1, 0.15) is 17.7 Å². The van der Waals surface area contributed by atoms with Gasteiger partial charge in [0.15, 0.2) is 5.65 Å². The highest BCUT2D eigenvalue weighted by molar-refractivity contribution is 5.89. The van der Waals surface area contributed by atoms with Crippen LogP contribution >= 0.6 is 0 Å². The highest BCUT2D eigenvalue weighted by atomic mass is 16.5. The number of benzene rings is 1. The summed E-state index contributed by atoms with van der Waals surface area (Å²) >= 11 is 0. The Morgan fingerprint density at radius 1 is 1.12 bits per heavy atom. The molecule has 0 radical (unpaired) electrons. The highest BCUT2D eigenvalue weighted by Crippen LogP contribution is 2.29. The van der Waals surface area contributed by atoms with Gasteiger partial charge in [-0.1, -0.05) is 19.6 Å². The van der Waals surface area contributed by atoms with Crippen molar-refractivity contribution in [3.05, 3.63) is 64.5 Å². The van der Waals surface area contributed by atoms with Gasteiger partial charge in [0.25, 0.3) is 0 Å². The van der Waals surface area contributed by atoms with E-state index in [0.29, 0.717) is 30.0 Å². The average molecular weight is 435 g/mol. The first-order chi connectivity index (χ1) is 15.2. The maximum atomic E-state index is 13.1. The molecular weight excluding hydrogens is 408 g/mol. The van der Waals surface area contributed by atoms with Crippen LogP contribution in [0.15, 0.2) is 47.7 Å². The number of rotatable bonds is 5. The SMILES string of the molecule is C.COc1ccc(Cn2c(=O)n3ncnc3c3cc(CN4CC5CC4CO5)cnc32)cc1. The van der Waals surface area contributed by atoms with Crippen molar-refractivity contribution in [2.45, 2.75) is 39.1 Å². The van der Waals surface area contributed by atoms with Crippen LogP contribution in [0.25, 0.3) is 16.7 Å². The molecule has 32 heavy (non-hydrogen) atoms. The molecule has 0 spiro atoms. The van der Waals surface area contributed by atoms with E-state index in [9.17, 15) is 4.79 Å². The number of fused-ring (bicyclic) bond motifs is 5. The third kappa shape index (κ3) is 3.34. The van der Waals surface area contributed by atoms with Gasteiger partial charge >= 0.3 is 5.69 Å². The topological polar surface area (TPSA) is 86.8 Å². The summed E-state index contributed by atoms with van der Waals surface area (Å²) < 4.78 is 13.9. The number of methoxy groups -OCH3 is 1. The molecule has 3 aromatic heterocycles. The van der Waals surface area contributed by atoms with Crippen molar-refractivity contribution >= 4 is 16.7 Å². The molecule has 2 aliphatic heterocycles. The number of morpholine rings is 1. The molecule has 1 aromatic carbocycles. The third-order valence-electron chi connectivity index (χ3n) is 6.28. The predicted molar refractivity (Wildman–Crippen MR) is 120 cm³/mol. The van der Waals surface area contributed by atoms with Crippen LogP contribution < -0.4 is 10.4 Å². The molecule has 2 atom stereocenters. The van der Waals surface area contributed by atoms with E-state index in [1.807, 2.05) is 30.5 Å². The summed E-state index contributed by atoms with van der Waals surface area (Å²) in [7, 11) is 1.63. The van der Waals surface area contributed by atoms with E-state index < -0.39 is 0 Å². The zero-order valence-corrected chi connectivity index (χ0v) is 17.1. The van der Waals surface area contributed by atoms with Gasteiger partial charge in [-0.15, -0.1) is 0 Å². The molecule has 4 aromatic rings. The number of ether oxygens (including phenoxy) is 2. The Morgan fingerprint density at radius 3 is 2.69 bits per heavy atom. The van der Waals surface area contributed by atoms with Crippen LogP contribution in [0.3, 0.4) is 0 Å². The standard InChI is InChI=1S/C22H22N6O3.CH4/c1-30-17-4-2-14(3-5-17)10-27-20-19(21-24-13-25-28(21)22(27)29)6-15(8-23-20)9-26-11-18-7-16(26)12-31-18;/h2-6,8,13,16,18H,7,9-12H2,1H3;1H4. The molecule has 0 aliphatic carbocycles. The molecule has 2 unspecified atom stereocenters. The summed E-state index contributed by atoms with van der Waals surface area (Å²) in [5, 5.41) is 4.98. The van der Waals surface area contributed by atoms with Crippen LogP contribution in [-0.4, -0.2) is 61.5 Å². The number of nitrogens with zero attached hydrogens (tertiary/aromatic N) is 6. The Kier molecular flexibility index (Phi) is 5.15. The van der Waals surface area contributed by atoms with Crippen LogP contribution in [0, 0.1) is 0 Å². The van der Waals surface area contributed by atoms with E-state index in [1.165, 1.54) is 10.8 Å². The van der Waals surface area contributed by atoms with Crippen LogP contribution in [0.5, 0.6) is 5.75 Å². The van der Waals surface area contributed by atoms with E-state index in [-0.39, 0.29) is 13.1 Å². The summed E-state index contributed by atoms with van der Waals surface area (Å²) in [5.41, 5.74) is 2.95. The summed E-state index contributed by atoms with van der Waals surface area (Å²) in [4.78, 5) is 24.6. The number of hydrogen-bond acceptors (Lipinski definition) is 7. The Labute approximate surface area is 185 Å². The van der Waals surface area contributed by atoms with Gasteiger partial charge in [0, 0.05) is 25.3 Å². The second-order valence-corrected chi connectivity index (χ2v) is 8.20. The van der Waals surface area contributed by atoms with Crippen molar-refractivity contribution in [3.63, 3.8) is 0 Å². The quantitative estimate of drug-likeness (QED) is 0.475. The lowest BCUT2D eigenvalue weighted by atomic mass is 10.2. The van der Waals surface area contributed by atoms with Gasteiger partial charge in [-0.05, 0) is 35.7 Å². The van der Waals surface area contributed by atoms with Crippen molar-refractivity contribution in [2.75, 3.05) is 20.3 Å². The lowest BCUT2D eigenvalue weighted by Crippen LogP contribution is -2.36. The predicted octanol–water partition coefficient (Wildman–Crippen LogP) is 2.11. The largest absolute Gasteiger partial charge is 0.497 e. The minimum absolute atomic E-state index is 0. The number of aromatic nitrogens is 5. The molecule has 9 heteroatoms. The van der Waals surface area contributed by atoms with Gasteiger partial charge in [0.05, 0.1) is 31.8 Å². The lowest BCUT2D eigenvalue weighted by Gasteiger charge is -2.26. The normalized spacial score (nSPS) is 20.2. The highest BCUT2D eigenvalue weighted by Gasteiger charge is 2.38. The molecule has 9 nitrogen and oxygen atoms in total. The summed E-state index contributed by atoms with van der Waals surface area (Å²) in [6.07, 6.45) is 4.75. The summed E-state index contributed by atoms with van der Waals surface area (Å²) in [5.74, 6) is 0.775. The van der Waals surface area contributed by atoms with E-state index in [2.05, 4.69) is 21.0 Å². The Balaban J connectivity index is 0.00000216. The van der Waals surface area contributed by atoms with Crippen molar-refractivity contribution in [3.8, 4) is 5.75 Å². The summed E-state index contributed by atoms with van der Waals surface area (Å²) in [6, 6.07) is 10.2. The second-order valence-electron chi connectivity index (χ2n) is 8.20. The molecule has 166 valence electrons. The molecular formula is C23H26N6O3. The van der Waals surface area contributed by atoms with Gasteiger partial charge < -0.3 is 9.47 Å². The van der Waals surface area contributed by atoms with Crippen molar-refractivity contribution < 1.29 is 9.47 Å². The minimum atomic E-state index is -0.259. The fourth-order valence-corrected chi connectivity index (χ4v) is 4.70. The first-order valence-electron chi connectivity index (χ1n) is 10.4. The number of likely N-dealkylation sites (tertiary alicyclic amines) is 1. The van der Waals surface area contributed by atoms with Gasteiger partial charge in [-0.2, -0.15) is 9.61 Å². The van der Waals surface area contributed by atoms with Crippen LogP contribution in [0.2, 0.25) is 0 Å². The molecule has 2 bridgehead atoms. The third-order valence-corrected chi connectivity index (χ3v) is 6.28. The molecule has 0 amide bonds. The zero-order chi connectivity index (χ0) is 20.9. The molecule has 2 saturated heterocycles. The van der Waals surface area contributed by atoms with Gasteiger partial charge in [0.2, 0.25) is 0 Å². The van der Waals surface area contributed by atoms with Crippen LogP contribution in [0.1, 0.15) is 25.0 Å². The van der Waals surface area contributed by atoms with Gasteiger partial charge in [-0.3, -0.25) is 9.47 Å². The molecule has 0 saturated carbocycles. The first-order valence-corrected chi connectivity index (χ1v) is 10.4. The van der Waals surface area contributed by atoms with E-state index in [1.54, 1.807) is 11.7 Å². The van der Waals surface area contributed by atoms with Crippen molar-refractivity contribution in [1.82, 2.24) is 29.0 Å². The Morgan fingerprint density at radius 2 is 1.97 bits per heavy atom. The van der Waals surface area contributed by atoms with Crippen molar-refractivity contribution in [2.24, 2.45) is 0 Å². The fraction of sp³-hybridized carbons (Fsp3) is 0.391. The fourth-order valence-electron chi connectivity index (χ4n) is 4.70. The Bertz CT molecular complexity index is 1330. The lowest BCUT2D eigenvalue weighted by molar-refractivity contribution is 0.0273. The first kappa shape index (κ1) is 20.6. The van der Waals surface area contributed by atoms with E-state index in [4.69, 9.17) is 14.5 Å². The van der Waals surface area contributed by atoms with E-state index in [0.717, 1.165) is 48.4 Å². The smallest absolute Gasteiger partial charge is 0.352 e.